The quantitative estimate of drug-likeness (QED) is 0.799. The van der Waals surface area contributed by atoms with Gasteiger partial charge in [-0.2, -0.15) is 0 Å². The molecule has 0 atom stereocenters. The molecule has 0 N–H and O–H groups in total. The number of benzene rings is 1. The Balaban J connectivity index is 2.54. The van der Waals surface area contributed by atoms with Gasteiger partial charge in [-0.15, -0.1) is 0 Å². The molecule has 5 heteroatoms. The number of aryl methyl sites for hydroxylation is 1. The second-order valence-corrected chi connectivity index (χ2v) is 4.44. The van der Waals surface area contributed by atoms with Crippen molar-refractivity contribution in [3.8, 4) is 0 Å². The first-order valence-electron chi connectivity index (χ1n) is 5.22. The zero-order valence-electron chi connectivity index (χ0n) is 9.53. The van der Waals surface area contributed by atoms with Gasteiger partial charge in [-0.25, -0.2) is 9.78 Å². The molecule has 17 heavy (non-hydrogen) atoms. The van der Waals surface area contributed by atoms with E-state index in [1.165, 1.54) is 6.20 Å². The molecule has 0 bridgehead atoms. The highest BCUT2D eigenvalue weighted by Gasteiger charge is 2.11. The number of rotatable bonds is 2. The summed E-state index contributed by atoms with van der Waals surface area (Å²) >= 11 is 3.42. The van der Waals surface area contributed by atoms with Gasteiger partial charge in [0.2, 0.25) is 0 Å². The molecule has 0 unspecified atom stereocenters. The maximum Gasteiger partial charge on any atom is 0.358 e. The molecule has 0 aliphatic carbocycles. The molecule has 0 radical (unpaired) electrons. The minimum absolute atomic E-state index is 0.233. The van der Waals surface area contributed by atoms with Crippen LogP contribution in [0.1, 0.15) is 23.0 Å². The third kappa shape index (κ3) is 2.44. The Kier molecular flexibility index (Phi) is 3.38. The monoisotopic (exact) mass is 294 g/mol. The summed E-state index contributed by atoms with van der Waals surface area (Å²) in [5.74, 6) is -0.445. The summed E-state index contributed by atoms with van der Waals surface area (Å²) in [6, 6.07) is 3.84. The summed E-state index contributed by atoms with van der Waals surface area (Å²) in [5, 5.41) is 0. The van der Waals surface area contributed by atoms with Crippen molar-refractivity contribution in [2.75, 3.05) is 6.61 Å². The summed E-state index contributed by atoms with van der Waals surface area (Å²) in [6.45, 7) is 4.05. The summed E-state index contributed by atoms with van der Waals surface area (Å²) < 4.78 is 5.75. The molecule has 88 valence electrons. The maximum atomic E-state index is 11.5. The molecule has 1 heterocycles. The van der Waals surface area contributed by atoms with Crippen LogP contribution >= 0.6 is 15.9 Å². The van der Waals surface area contributed by atoms with Gasteiger partial charge in [-0.1, -0.05) is 0 Å². The van der Waals surface area contributed by atoms with Crippen LogP contribution < -0.4 is 0 Å². The lowest BCUT2D eigenvalue weighted by Gasteiger charge is -2.04. The number of halogens is 1. The summed E-state index contributed by atoms with van der Waals surface area (Å²) in [4.78, 5) is 20.0. The number of esters is 1. The number of nitrogens with zero attached hydrogens (tertiary/aromatic N) is 2. The number of aromatic nitrogens is 2. The zero-order chi connectivity index (χ0) is 12.4. The largest absolute Gasteiger partial charge is 0.461 e. The van der Waals surface area contributed by atoms with E-state index < -0.39 is 5.97 Å². The zero-order valence-corrected chi connectivity index (χ0v) is 11.1. The Morgan fingerprint density at radius 1 is 1.47 bits per heavy atom. The minimum atomic E-state index is -0.445. The number of fused-ring (bicyclic) bond motifs is 1. The smallest absolute Gasteiger partial charge is 0.358 e. The first kappa shape index (κ1) is 12.0. The van der Waals surface area contributed by atoms with Gasteiger partial charge >= 0.3 is 5.97 Å². The minimum Gasteiger partial charge on any atom is -0.461 e. The van der Waals surface area contributed by atoms with Crippen LogP contribution in [0, 0.1) is 6.92 Å². The number of hydrogen-bond donors (Lipinski definition) is 0. The third-order valence-corrected chi connectivity index (χ3v) is 2.83. The van der Waals surface area contributed by atoms with E-state index in [1.807, 2.05) is 19.1 Å². The number of hydrogen-bond acceptors (Lipinski definition) is 4. The average molecular weight is 295 g/mol. The van der Waals surface area contributed by atoms with E-state index in [1.54, 1.807) is 6.92 Å². The standard InChI is InChI=1S/C12H11BrN2O2/c1-3-17-12(16)10-6-14-11-8(13)4-7(2)5-9(11)15-10/h4-6H,3H2,1-2H3. The van der Waals surface area contributed by atoms with Gasteiger partial charge in [0.05, 0.1) is 18.3 Å². The fourth-order valence-electron chi connectivity index (χ4n) is 1.52. The molecular formula is C12H11BrN2O2. The summed E-state index contributed by atoms with van der Waals surface area (Å²) in [5.41, 5.74) is 2.71. The second-order valence-electron chi connectivity index (χ2n) is 3.59. The Hall–Kier alpha value is -1.49. The van der Waals surface area contributed by atoms with Gasteiger partial charge in [-0.05, 0) is 47.5 Å². The van der Waals surface area contributed by atoms with Crippen molar-refractivity contribution < 1.29 is 9.53 Å². The molecule has 0 spiro atoms. The van der Waals surface area contributed by atoms with Gasteiger partial charge in [0.15, 0.2) is 5.69 Å². The van der Waals surface area contributed by atoms with Crippen molar-refractivity contribution in [1.82, 2.24) is 9.97 Å². The number of carbonyl (C=O) groups excluding carboxylic acids is 1. The molecule has 2 aromatic rings. The first-order chi connectivity index (χ1) is 8.11. The van der Waals surface area contributed by atoms with E-state index in [0.29, 0.717) is 12.1 Å². The third-order valence-electron chi connectivity index (χ3n) is 2.23. The molecule has 4 nitrogen and oxygen atoms in total. The SMILES string of the molecule is CCOC(=O)c1cnc2c(Br)cc(C)cc2n1. The Bertz CT molecular complexity index is 584. The van der Waals surface area contributed by atoms with Crippen LogP contribution in [-0.4, -0.2) is 22.5 Å². The van der Waals surface area contributed by atoms with Gasteiger partial charge in [0.1, 0.15) is 5.52 Å². The van der Waals surface area contributed by atoms with Gasteiger partial charge in [0.25, 0.3) is 0 Å². The van der Waals surface area contributed by atoms with Gasteiger partial charge in [0, 0.05) is 4.47 Å². The van der Waals surface area contributed by atoms with Crippen LogP contribution in [-0.2, 0) is 4.74 Å². The van der Waals surface area contributed by atoms with Crippen LogP contribution in [0.4, 0.5) is 0 Å². The molecule has 2 rings (SSSR count). The van der Waals surface area contributed by atoms with Crippen molar-refractivity contribution in [2.45, 2.75) is 13.8 Å². The lowest BCUT2D eigenvalue weighted by Crippen LogP contribution is -2.07. The normalized spacial score (nSPS) is 10.5. The lowest BCUT2D eigenvalue weighted by molar-refractivity contribution is 0.0519. The number of ether oxygens (including phenoxy) is 1. The van der Waals surface area contributed by atoms with Crippen LogP contribution in [0.25, 0.3) is 11.0 Å². The van der Waals surface area contributed by atoms with Crippen molar-refractivity contribution in [2.24, 2.45) is 0 Å². The van der Waals surface area contributed by atoms with Crippen molar-refractivity contribution >= 4 is 32.9 Å². The molecule has 1 aromatic heterocycles. The van der Waals surface area contributed by atoms with E-state index in [9.17, 15) is 4.79 Å². The van der Waals surface area contributed by atoms with Gasteiger partial charge in [-0.3, -0.25) is 4.98 Å². The lowest BCUT2D eigenvalue weighted by atomic mass is 10.2. The first-order valence-corrected chi connectivity index (χ1v) is 6.01. The van der Waals surface area contributed by atoms with E-state index in [2.05, 4.69) is 25.9 Å². The molecule has 0 amide bonds. The highest BCUT2D eigenvalue weighted by molar-refractivity contribution is 9.10. The molecule has 0 aliphatic heterocycles. The highest BCUT2D eigenvalue weighted by atomic mass is 79.9. The highest BCUT2D eigenvalue weighted by Crippen LogP contribution is 2.22. The molecule has 0 aliphatic rings. The van der Waals surface area contributed by atoms with Crippen LogP contribution in [0.2, 0.25) is 0 Å². The molecule has 0 saturated heterocycles. The predicted molar refractivity (Wildman–Crippen MR) is 67.9 cm³/mol. The Morgan fingerprint density at radius 2 is 2.24 bits per heavy atom. The summed E-state index contributed by atoms with van der Waals surface area (Å²) in [7, 11) is 0. The Labute approximate surface area is 107 Å². The van der Waals surface area contributed by atoms with Crippen LogP contribution in [0.15, 0.2) is 22.8 Å². The molecular weight excluding hydrogens is 284 g/mol. The topological polar surface area (TPSA) is 52.1 Å². The number of carbonyl (C=O) groups is 1. The fourth-order valence-corrected chi connectivity index (χ4v) is 2.18. The molecule has 0 fully saturated rings. The van der Waals surface area contributed by atoms with E-state index >= 15 is 0 Å². The van der Waals surface area contributed by atoms with E-state index in [4.69, 9.17) is 4.74 Å². The second kappa shape index (κ2) is 4.79. The van der Waals surface area contributed by atoms with Crippen LogP contribution in [0.5, 0.6) is 0 Å². The van der Waals surface area contributed by atoms with Crippen molar-refractivity contribution in [3.63, 3.8) is 0 Å². The summed E-state index contributed by atoms with van der Waals surface area (Å²) in [6.07, 6.45) is 1.43. The fraction of sp³-hybridized carbons (Fsp3) is 0.250. The Morgan fingerprint density at radius 3 is 2.94 bits per heavy atom. The predicted octanol–water partition coefficient (Wildman–Crippen LogP) is 2.88. The average Bonchev–Trinajstić information content (AvgIpc) is 2.28. The van der Waals surface area contributed by atoms with Crippen LogP contribution in [0.3, 0.4) is 0 Å². The molecule has 0 saturated carbocycles. The van der Waals surface area contributed by atoms with E-state index in [0.717, 1.165) is 15.6 Å². The maximum absolute atomic E-state index is 11.5. The van der Waals surface area contributed by atoms with Gasteiger partial charge < -0.3 is 4.74 Å². The molecule has 1 aromatic carbocycles. The van der Waals surface area contributed by atoms with Crippen molar-refractivity contribution in [3.05, 3.63) is 34.1 Å². The van der Waals surface area contributed by atoms with E-state index in [-0.39, 0.29) is 5.69 Å². The van der Waals surface area contributed by atoms with Crippen molar-refractivity contribution in [1.29, 1.82) is 0 Å².